The Morgan fingerprint density at radius 1 is 1.23 bits per heavy atom. The highest BCUT2D eigenvalue weighted by Gasteiger charge is 2.17. The molecule has 2 heterocycles. The zero-order chi connectivity index (χ0) is 22.0. The van der Waals surface area contributed by atoms with Gasteiger partial charge in [-0.2, -0.15) is 5.10 Å². The molecule has 0 aliphatic heterocycles. The lowest BCUT2D eigenvalue weighted by atomic mass is 10.0. The van der Waals surface area contributed by atoms with Crippen molar-refractivity contribution in [3.63, 3.8) is 0 Å². The van der Waals surface area contributed by atoms with Crippen molar-refractivity contribution < 1.29 is 4.79 Å². The van der Waals surface area contributed by atoms with Crippen LogP contribution in [0.4, 0.5) is 0 Å². The minimum absolute atomic E-state index is 0.212. The molecule has 0 saturated heterocycles. The first-order valence-electron chi connectivity index (χ1n) is 9.25. The van der Waals surface area contributed by atoms with E-state index in [0.717, 1.165) is 16.0 Å². The van der Waals surface area contributed by atoms with E-state index >= 15 is 0 Å². The molecule has 0 aliphatic carbocycles. The van der Waals surface area contributed by atoms with Crippen LogP contribution in [-0.2, 0) is 11.3 Å². The number of carbonyl (C=O) groups excluding carboxylic acids is 1. The van der Waals surface area contributed by atoms with Crippen LogP contribution in [0.5, 0.6) is 0 Å². The van der Waals surface area contributed by atoms with Gasteiger partial charge < -0.3 is 0 Å². The number of hydrogen-bond acceptors (Lipinski definition) is 5. The van der Waals surface area contributed by atoms with E-state index in [-0.39, 0.29) is 12.1 Å². The summed E-state index contributed by atoms with van der Waals surface area (Å²) in [6.45, 7) is 1.75. The average molecular weight is 471 g/mol. The Bertz CT molecular complexity index is 1360. The number of fused-ring (bicyclic) bond motifs is 1. The maximum atomic E-state index is 13.1. The van der Waals surface area contributed by atoms with Gasteiger partial charge in [0.05, 0.1) is 23.0 Å². The molecule has 31 heavy (non-hydrogen) atoms. The fourth-order valence-electron chi connectivity index (χ4n) is 3.17. The fraction of sp³-hybridized carbons (Fsp3) is 0.0909. The molecule has 0 aliphatic rings. The summed E-state index contributed by atoms with van der Waals surface area (Å²) in [6.07, 6.45) is 2.80. The molecule has 0 spiro atoms. The summed E-state index contributed by atoms with van der Waals surface area (Å²) in [7, 11) is 0. The van der Waals surface area contributed by atoms with Crippen LogP contribution in [0.2, 0.25) is 10.0 Å². The van der Waals surface area contributed by atoms with Crippen molar-refractivity contribution in [1.82, 2.24) is 15.0 Å². The molecule has 4 aromatic rings. The predicted molar refractivity (Wildman–Crippen MR) is 126 cm³/mol. The minimum Gasteiger partial charge on any atom is -0.289 e. The molecule has 6 nitrogen and oxygen atoms in total. The number of aromatic nitrogens is 2. The molecular formula is C22H16Cl2N4O2S. The van der Waals surface area contributed by atoms with Gasteiger partial charge in [0.15, 0.2) is 0 Å². The van der Waals surface area contributed by atoms with Crippen LogP contribution in [0.3, 0.4) is 0 Å². The molecule has 2 aromatic carbocycles. The Kier molecular flexibility index (Phi) is 6.18. The van der Waals surface area contributed by atoms with Gasteiger partial charge in [0.2, 0.25) is 0 Å². The Morgan fingerprint density at radius 2 is 2.00 bits per heavy atom. The Morgan fingerprint density at radius 3 is 2.74 bits per heavy atom. The first kappa shape index (κ1) is 21.2. The molecule has 1 amide bonds. The first-order chi connectivity index (χ1) is 14.9. The van der Waals surface area contributed by atoms with E-state index < -0.39 is 5.91 Å². The van der Waals surface area contributed by atoms with Crippen LogP contribution in [-0.4, -0.2) is 21.7 Å². The van der Waals surface area contributed by atoms with Crippen molar-refractivity contribution in [3.05, 3.63) is 85.7 Å². The normalized spacial score (nSPS) is 11.3. The highest BCUT2D eigenvalue weighted by molar-refractivity contribution is 7.19. The molecule has 0 radical (unpaired) electrons. The van der Waals surface area contributed by atoms with E-state index in [1.54, 1.807) is 18.2 Å². The van der Waals surface area contributed by atoms with Gasteiger partial charge in [-0.05, 0) is 24.6 Å². The number of rotatable bonds is 5. The number of halogens is 2. The molecule has 0 saturated carbocycles. The van der Waals surface area contributed by atoms with Crippen molar-refractivity contribution in [1.29, 1.82) is 0 Å². The van der Waals surface area contributed by atoms with Crippen LogP contribution >= 0.6 is 34.5 Å². The van der Waals surface area contributed by atoms with Crippen LogP contribution in [0.1, 0.15) is 10.4 Å². The third-order valence-electron chi connectivity index (χ3n) is 4.59. The summed E-state index contributed by atoms with van der Waals surface area (Å²) in [5, 5.41) is 5.34. The quantitative estimate of drug-likeness (QED) is 0.333. The molecular weight excluding hydrogens is 455 g/mol. The smallest absolute Gasteiger partial charge is 0.263 e. The highest BCUT2D eigenvalue weighted by atomic mass is 35.5. The molecule has 9 heteroatoms. The van der Waals surface area contributed by atoms with Crippen molar-refractivity contribution in [2.45, 2.75) is 13.5 Å². The number of amides is 1. The molecule has 2 aromatic heterocycles. The molecule has 156 valence electrons. The number of nitrogens with zero attached hydrogens (tertiary/aromatic N) is 3. The van der Waals surface area contributed by atoms with E-state index in [1.807, 2.05) is 37.3 Å². The number of hydrogen-bond donors (Lipinski definition) is 1. The van der Waals surface area contributed by atoms with E-state index in [0.29, 0.717) is 25.8 Å². The van der Waals surface area contributed by atoms with Gasteiger partial charge >= 0.3 is 0 Å². The van der Waals surface area contributed by atoms with Gasteiger partial charge in [-0.15, -0.1) is 11.3 Å². The van der Waals surface area contributed by atoms with Crippen molar-refractivity contribution in [3.8, 4) is 11.1 Å². The number of carbonyl (C=O) groups is 1. The molecule has 1 N–H and O–H groups in total. The summed E-state index contributed by atoms with van der Waals surface area (Å²) in [6, 6.07) is 14.6. The Hall–Kier alpha value is -3.00. The van der Waals surface area contributed by atoms with Crippen LogP contribution in [0.25, 0.3) is 21.3 Å². The molecule has 0 atom stereocenters. The van der Waals surface area contributed by atoms with Crippen molar-refractivity contribution in [2.24, 2.45) is 5.10 Å². The lowest BCUT2D eigenvalue weighted by Crippen LogP contribution is -2.30. The first-order valence-corrected chi connectivity index (χ1v) is 10.8. The zero-order valence-electron chi connectivity index (χ0n) is 16.3. The third kappa shape index (κ3) is 4.54. The molecule has 0 unspecified atom stereocenters. The monoisotopic (exact) mass is 470 g/mol. The Labute approximate surface area is 191 Å². The average Bonchev–Trinajstić information content (AvgIpc) is 3.09. The van der Waals surface area contributed by atoms with E-state index in [9.17, 15) is 9.59 Å². The van der Waals surface area contributed by atoms with Crippen LogP contribution in [0.15, 0.2) is 64.8 Å². The summed E-state index contributed by atoms with van der Waals surface area (Å²) in [5.41, 5.74) is 4.53. The maximum absolute atomic E-state index is 13.1. The SMILES string of the molecule is Cc1sc2ncn(CC(=O)N/N=C\c3ccc(Cl)cc3Cl)c(=O)c2c1-c1ccccc1. The summed E-state index contributed by atoms with van der Waals surface area (Å²) in [4.78, 5) is 31.5. The van der Waals surface area contributed by atoms with Gasteiger partial charge in [-0.25, -0.2) is 10.4 Å². The van der Waals surface area contributed by atoms with E-state index in [4.69, 9.17) is 23.2 Å². The largest absolute Gasteiger partial charge is 0.289 e. The van der Waals surface area contributed by atoms with Gasteiger partial charge in [0, 0.05) is 21.0 Å². The Balaban J connectivity index is 1.57. The standard InChI is InChI=1S/C22H16Cl2N4O2S/c1-13-19(14-5-3-2-4-6-14)20-21(31-13)25-12-28(22(20)30)11-18(29)27-26-10-15-7-8-16(23)9-17(15)24/h2-10,12H,11H2,1H3,(H,27,29)/b26-10-. The van der Waals surface area contributed by atoms with E-state index in [2.05, 4.69) is 15.5 Å². The summed E-state index contributed by atoms with van der Waals surface area (Å²) in [5.74, 6) is -0.460. The highest BCUT2D eigenvalue weighted by Crippen LogP contribution is 2.35. The van der Waals surface area contributed by atoms with Crippen molar-refractivity contribution >= 4 is 56.9 Å². The summed E-state index contributed by atoms with van der Waals surface area (Å²) >= 11 is 13.4. The third-order valence-corrected chi connectivity index (χ3v) is 6.16. The molecule has 0 bridgehead atoms. The van der Waals surface area contributed by atoms with Gasteiger partial charge in [-0.1, -0.05) is 59.6 Å². The molecule has 4 rings (SSSR count). The number of aryl methyl sites for hydroxylation is 1. The number of benzene rings is 2. The van der Waals surface area contributed by atoms with Gasteiger partial charge in [-0.3, -0.25) is 14.2 Å². The number of nitrogens with one attached hydrogen (secondary N) is 1. The number of thiophene rings is 1. The second-order valence-corrected chi connectivity index (χ2v) is 8.76. The topological polar surface area (TPSA) is 76.3 Å². The maximum Gasteiger partial charge on any atom is 0.263 e. The van der Waals surface area contributed by atoms with Crippen LogP contribution < -0.4 is 11.0 Å². The lowest BCUT2D eigenvalue weighted by molar-refractivity contribution is -0.121. The van der Waals surface area contributed by atoms with Crippen LogP contribution in [0, 0.1) is 6.92 Å². The van der Waals surface area contributed by atoms with Gasteiger partial charge in [0.25, 0.3) is 11.5 Å². The zero-order valence-corrected chi connectivity index (χ0v) is 18.6. The number of hydrazone groups is 1. The fourth-order valence-corrected chi connectivity index (χ4v) is 4.63. The molecule has 0 fully saturated rings. The predicted octanol–water partition coefficient (Wildman–Crippen LogP) is 4.89. The van der Waals surface area contributed by atoms with E-state index in [1.165, 1.54) is 28.4 Å². The van der Waals surface area contributed by atoms with Crippen molar-refractivity contribution in [2.75, 3.05) is 0 Å². The van der Waals surface area contributed by atoms with Gasteiger partial charge in [0.1, 0.15) is 11.4 Å². The second kappa shape index (κ2) is 9.01. The lowest BCUT2D eigenvalue weighted by Gasteiger charge is -2.06. The second-order valence-electron chi connectivity index (χ2n) is 6.72. The minimum atomic E-state index is -0.460. The summed E-state index contributed by atoms with van der Waals surface area (Å²) < 4.78 is 1.28.